The molecule has 1 aliphatic carbocycles. The minimum atomic E-state index is -5.84. The smallest absolute Gasteiger partial charge is 0.279 e. The highest BCUT2D eigenvalue weighted by atomic mass is 32.2. The average molecular weight is 653 g/mol. The Morgan fingerprint density at radius 2 is 1.02 bits per heavy atom. The van der Waals surface area contributed by atoms with Crippen molar-refractivity contribution in [1.82, 2.24) is 0 Å². The molecule has 0 amide bonds. The molecule has 1 aliphatic rings. The van der Waals surface area contributed by atoms with E-state index in [0.29, 0.717) is 0 Å². The molecule has 0 atom stereocenters. The van der Waals surface area contributed by atoms with E-state index >= 15 is 0 Å². The third-order valence-electron chi connectivity index (χ3n) is 7.67. The molecule has 46 heavy (non-hydrogen) atoms. The molecule has 0 spiro atoms. The number of fused-ring (bicyclic) bond motifs is 3. The SMILES string of the molecule is O=S(=O)(O)C(F)(F)F.c1ccc(Sc2ccc(-c3c4c(cc(-c5ccccc5)c3-c3ccccc3)-c3ccccc3C4)cc2)cc1. The highest BCUT2D eigenvalue weighted by Gasteiger charge is 2.44. The molecular weight excluding hydrogens is 626 g/mol. The van der Waals surface area contributed by atoms with Crippen LogP contribution in [0.25, 0.3) is 44.5 Å². The first kappa shape index (κ1) is 31.4. The summed E-state index contributed by atoms with van der Waals surface area (Å²) in [7, 11) is -5.84. The molecule has 1 N–H and O–H groups in total. The predicted octanol–water partition coefficient (Wildman–Crippen LogP) is 10.8. The van der Waals surface area contributed by atoms with Crippen molar-refractivity contribution >= 4 is 21.9 Å². The second-order valence-corrected chi connectivity index (χ2v) is 13.2. The number of halogens is 3. The van der Waals surface area contributed by atoms with Gasteiger partial charge in [-0.25, -0.2) is 0 Å². The van der Waals surface area contributed by atoms with E-state index in [1.54, 1.807) is 0 Å². The quantitative estimate of drug-likeness (QED) is 0.149. The van der Waals surface area contributed by atoms with Crippen LogP contribution in [0.15, 0.2) is 155 Å². The van der Waals surface area contributed by atoms with Crippen LogP contribution in [0.3, 0.4) is 0 Å². The van der Waals surface area contributed by atoms with Gasteiger partial charge in [0.2, 0.25) is 0 Å². The third-order valence-corrected chi connectivity index (χ3v) is 9.27. The number of hydrogen-bond acceptors (Lipinski definition) is 3. The lowest BCUT2D eigenvalue weighted by Gasteiger charge is -2.21. The highest BCUT2D eigenvalue weighted by Crippen LogP contribution is 2.50. The number of rotatable bonds is 5. The summed E-state index contributed by atoms with van der Waals surface area (Å²) in [6.07, 6.45) is 0.955. The highest BCUT2D eigenvalue weighted by molar-refractivity contribution is 7.99. The minimum Gasteiger partial charge on any atom is -0.279 e. The zero-order valence-electron chi connectivity index (χ0n) is 24.3. The fourth-order valence-electron chi connectivity index (χ4n) is 5.66. The number of hydrogen-bond donors (Lipinski definition) is 1. The zero-order valence-corrected chi connectivity index (χ0v) is 25.9. The lowest BCUT2D eigenvalue weighted by atomic mass is 9.82. The van der Waals surface area contributed by atoms with E-state index in [9.17, 15) is 13.2 Å². The van der Waals surface area contributed by atoms with E-state index in [-0.39, 0.29) is 0 Å². The normalized spacial score (nSPS) is 12.1. The molecular formula is C38H27F3O3S2. The van der Waals surface area contributed by atoms with Crippen molar-refractivity contribution in [2.24, 2.45) is 0 Å². The molecule has 0 saturated carbocycles. The molecule has 8 heteroatoms. The summed E-state index contributed by atoms with van der Waals surface area (Å²) in [6.45, 7) is 0. The van der Waals surface area contributed by atoms with Crippen molar-refractivity contribution < 1.29 is 26.1 Å². The Hall–Kier alpha value is -4.63. The van der Waals surface area contributed by atoms with Crippen LogP contribution in [-0.2, 0) is 16.5 Å². The van der Waals surface area contributed by atoms with Gasteiger partial charge in [-0.15, -0.1) is 0 Å². The zero-order chi connectivity index (χ0) is 32.3. The van der Waals surface area contributed by atoms with Crippen molar-refractivity contribution in [3.05, 3.63) is 157 Å². The molecule has 0 unspecified atom stereocenters. The van der Waals surface area contributed by atoms with E-state index in [4.69, 9.17) is 13.0 Å². The monoisotopic (exact) mass is 652 g/mol. The fourth-order valence-corrected chi connectivity index (χ4v) is 6.50. The first-order chi connectivity index (χ1) is 22.1. The largest absolute Gasteiger partial charge is 0.522 e. The van der Waals surface area contributed by atoms with Gasteiger partial charge in [0.1, 0.15) is 0 Å². The van der Waals surface area contributed by atoms with E-state index in [1.165, 1.54) is 65.4 Å². The van der Waals surface area contributed by atoms with Gasteiger partial charge < -0.3 is 0 Å². The van der Waals surface area contributed by atoms with Crippen LogP contribution in [0.2, 0.25) is 0 Å². The Labute approximate surface area is 270 Å². The van der Waals surface area contributed by atoms with Crippen LogP contribution in [-0.4, -0.2) is 18.5 Å². The van der Waals surface area contributed by atoms with Gasteiger partial charge in [-0.2, -0.15) is 21.6 Å². The molecule has 0 aromatic heterocycles. The Balaban J connectivity index is 0.000000414. The van der Waals surface area contributed by atoms with Crippen molar-refractivity contribution in [2.75, 3.05) is 0 Å². The summed E-state index contributed by atoms with van der Waals surface area (Å²) < 4.78 is 57.5. The van der Waals surface area contributed by atoms with Crippen molar-refractivity contribution in [3.8, 4) is 44.5 Å². The molecule has 230 valence electrons. The van der Waals surface area contributed by atoms with Gasteiger partial charge in [0.05, 0.1) is 0 Å². The summed E-state index contributed by atoms with van der Waals surface area (Å²) in [5, 5.41) is 0. The van der Waals surface area contributed by atoms with Crippen molar-refractivity contribution in [2.45, 2.75) is 21.7 Å². The van der Waals surface area contributed by atoms with Gasteiger partial charge in [0.15, 0.2) is 0 Å². The first-order valence-corrected chi connectivity index (χ1v) is 16.6. The average Bonchev–Trinajstić information content (AvgIpc) is 3.43. The van der Waals surface area contributed by atoms with Gasteiger partial charge in [0, 0.05) is 9.79 Å². The lowest BCUT2D eigenvalue weighted by molar-refractivity contribution is -0.0510. The second kappa shape index (κ2) is 13.0. The molecule has 0 saturated heterocycles. The number of benzene rings is 6. The molecule has 6 aromatic carbocycles. The van der Waals surface area contributed by atoms with Gasteiger partial charge >= 0.3 is 15.6 Å². The van der Waals surface area contributed by atoms with E-state index in [1.807, 2.05) is 11.8 Å². The van der Waals surface area contributed by atoms with E-state index in [2.05, 4.69) is 146 Å². The number of alkyl halides is 3. The van der Waals surface area contributed by atoms with Crippen molar-refractivity contribution in [3.63, 3.8) is 0 Å². The Kier molecular flexibility index (Phi) is 8.86. The van der Waals surface area contributed by atoms with Gasteiger partial charge in [-0.3, -0.25) is 4.55 Å². The molecule has 0 heterocycles. The molecule has 7 rings (SSSR count). The topological polar surface area (TPSA) is 54.4 Å². The summed E-state index contributed by atoms with van der Waals surface area (Å²) in [4.78, 5) is 2.51. The standard InChI is InChI=1S/C37H26S.CHF3O3S/c1-4-12-26(13-5-1)33-25-34-32-19-11-10-16-29(32)24-35(34)37(36(33)27-14-6-2-7-15-27)28-20-22-31(23-21-28)38-30-17-8-3-9-18-30;2-1(3,4)8(5,6)7/h1-23,25H,24H2;(H,5,6,7). The van der Waals surface area contributed by atoms with Gasteiger partial charge in [-0.05, 0) is 92.4 Å². The van der Waals surface area contributed by atoms with Gasteiger partial charge in [-0.1, -0.05) is 127 Å². The second-order valence-electron chi connectivity index (χ2n) is 10.6. The third kappa shape index (κ3) is 6.65. The fraction of sp³-hybridized carbons (Fsp3) is 0.0526. The summed E-state index contributed by atoms with van der Waals surface area (Å²) in [6, 6.07) is 52.8. The van der Waals surface area contributed by atoms with Crippen LogP contribution in [0.1, 0.15) is 11.1 Å². The van der Waals surface area contributed by atoms with Crippen LogP contribution < -0.4 is 0 Å². The lowest BCUT2D eigenvalue weighted by Crippen LogP contribution is -2.21. The van der Waals surface area contributed by atoms with Crippen molar-refractivity contribution in [1.29, 1.82) is 0 Å². The molecule has 0 bridgehead atoms. The Morgan fingerprint density at radius 1 is 0.543 bits per heavy atom. The Morgan fingerprint density at radius 3 is 1.61 bits per heavy atom. The van der Waals surface area contributed by atoms with Crippen LogP contribution in [0, 0.1) is 0 Å². The summed E-state index contributed by atoms with van der Waals surface area (Å²) in [5.41, 5.74) is 7.72. The van der Waals surface area contributed by atoms with Crippen LogP contribution in [0.5, 0.6) is 0 Å². The predicted molar refractivity (Wildman–Crippen MR) is 179 cm³/mol. The molecule has 6 aromatic rings. The van der Waals surface area contributed by atoms with E-state index in [0.717, 1.165) is 6.42 Å². The first-order valence-electron chi connectivity index (χ1n) is 14.4. The summed E-state index contributed by atoms with van der Waals surface area (Å²) >= 11 is 1.81. The molecule has 0 aliphatic heterocycles. The van der Waals surface area contributed by atoms with Crippen LogP contribution in [0.4, 0.5) is 13.2 Å². The van der Waals surface area contributed by atoms with E-state index < -0.39 is 15.6 Å². The molecule has 0 radical (unpaired) electrons. The molecule has 0 fully saturated rings. The molecule has 3 nitrogen and oxygen atoms in total. The maximum absolute atomic E-state index is 10.7. The van der Waals surface area contributed by atoms with Gasteiger partial charge in [0.25, 0.3) is 0 Å². The minimum absolute atomic E-state index is 0.955. The van der Waals surface area contributed by atoms with Crippen LogP contribution >= 0.6 is 11.8 Å². The Bertz CT molecular complexity index is 2080. The maximum Gasteiger partial charge on any atom is 0.522 e. The summed E-state index contributed by atoms with van der Waals surface area (Å²) in [5.74, 6) is 0. The maximum atomic E-state index is 10.7.